The normalized spacial score (nSPS) is 12.5. The van der Waals surface area contributed by atoms with Gasteiger partial charge in [-0.2, -0.15) is 13.2 Å². The third kappa shape index (κ3) is 6.09. The van der Waals surface area contributed by atoms with Crippen LogP contribution in [0.4, 0.5) is 13.2 Å². The molecule has 0 fully saturated rings. The van der Waals surface area contributed by atoms with Crippen LogP contribution in [-0.2, 0) is 17.2 Å². The Morgan fingerprint density at radius 2 is 1.75 bits per heavy atom. The Kier molecular flexibility index (Phi) is 6.50. The van der Waals surface area contributed by atoms with E-state index in [9.17, 15) is 13.2 Å². The first-order chi connectivity index (χ1) is 10.7. The van der Waals surface area contributed by atoms with Crippen molar-refractivity contribution in [2.45, 2.75) is 20.3 Å². The van der Waals surface area contributed by atoms with E-state index in [1.807, 2.05) is 7.05 Å². The average Bonchev–Trinajstić information content (AvgIpc) is 2.83. The Morgan fingerprint density at radius 3 is 2.12 bits per heavy atom. The van der Waals surface area contributed by atoms with Crippen molar-refractivity contribution in [2.75, 3.05) is 0 Å². The zero-order chi connectivity index (χ0) is 18.8. The number of benzene rings is 1. The van der Waals surface area contributed by atoms with Crippen LogP contribution in [0.1, 0.15) is 0 Å². The van der Waals surface area contributed by atoms with Gasteiger partial charge >= 0.3 is 107 Å². The maximum absolute atomic E-state index is 10.7. The SMILES string of the molecule is C[n+]1ccn(-c2ccc[c]([Sn]([CH3])([CH3])[CH3])c2)c1.O=S(=O)([O-])C(F)(F)F. The summed E-state index contributed by atoms with van der Waals surface area (Å²) >= 11 is -1.93. The summed E-state index contributed by atoms with van der Waals surface area (Å²) in [6.07, 6.45) is 6.25. The van der Waals surface area contributed by atoms with Gasteiger partial charge in [0.2, 0.25) is 0 Å². The van der Waals surface area contributed by atoms with Gasteiger partial charge in [0.25, 0.3) is 0 Å². The van der Waals surface area contributed by atoms with Gasteiger partial charge in [0.05, 0.1) is 0 Å². The van der Waals surface area contributed by atoms with E-state index in [0.29, 0.717) is 0 Å². The minimum absolute atomic E-state index is 1.27. The predicted octanol–water partition coefficient (Wildman–Crippen LogP) is 1.90. The summed E-state index contributed by atoms with van der Waals surface area (Å²) in [5.74, 6) is 0. The van der Waals surface area contributed by atoms with E-state index in [0.717, 1.165) is 0 Å². The van der Waals surface area contributed by atoms with Gasteiger partial charge in [-0.05, 0) is 0 Å². The van der Waals surface area contributed by atoms with Crippen LogP contribution in [0.25, 0.3) is 5.69 Å². The maximum atomic E-state index is 10.7. The van der Waals surface area contributed by atoms with Crippen molar-refractivity contribution in [1.29, 1.82) is 0 Å². The first kappa shape index (κ1) is 21.0. The Hall–Kier alpha value is -1.07. The third-order valence-electron chi connectivity index (χ3n) is 3.06. The van der Waals surface area contributed by atoms with Gasteiger partial charge in [-0.3, -0.25) is 0 Å². The number of halogens is 3. The molecule has 0 amide bonds. The van der Waals surface area contributed by atoms with Crippen molar-refractivity contribution in [3.05, 3.63) is 43.0 Å². The topological polar surface area (TPSA) is 66.0 Å². The number of hydrogen-bond acceptors (Lipinski definition) is 3. The van der Waals surface area contributed by atoms with Crippen LogP contribution in [0, 0.1) is 0 Å². The van der Waals surface area contributed by atoms with Crippen molar-refractivity contribution in [2.24, 2.45) is 7.05 Å². The van der Waals surface area contributed by atoms with Gasteiger partial charge in [0, 0.05) is 0 Å². The summed E-state index contributed by atoms with van der Waals surface area (Å²) in [6, 6.07) is 8.97. The second-order valence-corrected chi connectivity index (χ2v) is 22.0. The van der Waals surface area contributed by atoms with E-state index < -0.39 is 34.0 Å². The molecule has 0 aliphatic rings. The van der Waals surface area contributed by atoms with Gasteiger partial charge in [0.15, 0.2) is 10.1 Å². The Labute approximate surface area is 143 Å². The summed E-state index contributed by atoms with van der Waals surface area (Å²) in [5.41, 5.74) is -4.38. The molecule has 2 rings (SSSR count). The van der Waals surface area contributed by atoms with Gasteiger partial charge < -0.3 is 4.55 Å². The molecule has 0 saturated heterocycles. The van der Waals surface area contributed by atoms with Crippen molar-refractivity contribution >= 4 is 32.1 Å². The minimum atomic E-state index is -6.09. The fourth-order valence-corrected chi connectivity index (χ4v) is 5.10. The fourth-order valence-electron chi connectivity index (χ4n) is 1.74. The molecule has 0 saturated carbocycles. The van der Waals surface area contributed by atoms with E-state index in [2.05, 4.69) is 66.9 Å². The first-order valence-corrected chi connectivity index (χ1v) is 18.3. The Balaban J connectivity index is 0.000000307. The van der Waals surface area contributed by atoms with Crippen LogP contribution < -0.4 is 8.15 Å². The minimum Gasteiger partial charge on any atom is -0.741 e. The van der Waals surface area contributed by atoms with E-state index >= 15 is 0 Å². The number of imidazole rings is 1. The number of alkyl halides is 3. The van der Waals surface area contributed by atoms with Crippen molar-refractivity contribution in [1.82, 2.24) is 4.57 Å². The molecule has 24 heavy (non-hydrogen) atoms. The third-order valence-corrected chi connectivity index (χ3v) is 9.46. The summed E-state index contributed by atoms with van der Waals surface area (Å²) in [6.45, 7) is 0. The number of rotatable bonds is 2. The molecule has 5 nitrogen and oxygen atoms in total. The zero-order valence-corrected chi connectivity index (χ0v) is 17.4. The maximum Gasteiger partial charge on any atom is 0.485 e. The predicted molar refractivity (Wildman–Crippen MR) is 85.7 cm³/mol. The quantitative estimate of drug-likeness (QED) is 0.291. The molecule has 0 N–H and O–H groups in total. The second kappa shape index (κ2) is 7.44. The molecule has 0 aliphatic heterocycles. The molecule has 0 bridgehead atoms. The standard InChI is InChI=1S/C10H10N2.CHF3O3S.3CH3.Sn/c1-11-7-8-12(9-11)10-5-3-2-4-6-10;2-1(3,4)8(5,6)7;;;;/h2-3,5-9H,1H3;(H,5,6,7);3*1H3;/q+1;;;;;/p-1. The number of nitrogens with zero attached hydrogens (tertiary/aromatic N) is 2. The van der Waals surface area contributed by atoms with E-state index in [1.165, 1.54) is 5.69 Å². The van der Waals surface area contributed by atoms with E-state index in [-0.39, 0.29) is 0 Å². The van der Waals surface area contributed by atoms with Gasteiger partial charge in [-0.15, -0.1) is 0 Å². The van der Waals surface area contributed by atoms with Crippen molar-refractivity contribution < 1.29 is 30.7 Å². The monoisotopic (exact) mass is 472 g/mol. The van der Waals surface area contributed by atoms with Gasteiger partial charge in [-0.1, -0.05) is 0 Å². The van der Waals surface area contributed by atoms with Crippen LogP contribution >= 0.6 is 0 Å². The molecular formula is C14H19F3N2O3SSn. The first-order valence-electron chi connectivity index (χ1n) is 6.88. The molecule has 0 atom stereocenters. The van der Waals surface area contributed by atoms with E-state index in [4.69, 9.17) is 13.0 Å². The van der Waals surface area contributed by atoms with Crippen LogP contribution in [-0.4, -0.2) is 41.4 Å². The molecule has 134 valence electrons. The van der Waals surface area contributed by atoms with Gasteiger partial charge in [0.1, 0.15) is 0 Å². The molecule has 0 radical (unpaired) electrons. The number of hydrogen-bond donors (Lipinski definition) is 0. The number of aryl methyl sites for hydroxylation is 1. The Morgan fingerprint density at radius 1 is 1.21 bits per heavy atom. The molecule has 2 aromatic rings. The Bertz CT molecular complexity index is 796. The van der Waals surface area contributed by atoms with Crippen molar-refractivity contribution in [3.63, 3.8) is 0 Å². The average molecular weight is 471 g/mol. The molecule has 1 aromatic carbocycles. The summed E-state index contributed by atoms with van der Waals surface area (Å²) in [5, 5.41) is 0. The molecule has 1 heterocycles. The molecule has 0 spiro atoms. The van der Waals surface area contributed by atoms with Crippen LogP contribution in [0.5, 0.6) is 0 Å². The summed E-state index contributed by atoms with van der Waals surface area (Å²) in [4.78, 5) is 7.34. The molecule has 1 aromatic heterocycles. The van der Waals surface area contributed by atoms with Crippen molar-refractivity contribution in [3.8, 4) is 5.69 Å². The van der Waals surface area contributed by atoms with Crippen LogP contribution in [0.15, 0.2) is 43.0 Å². The molecule has 0 unspecified atom stereocenters. The van der Waals surface area contributed by atoms with Crippen LogP contribution in [0.3, 0.4) is 0 Å². The largest absolute Gasteiger partial charge is 0.741 e. The molecular weight excluding hydrogens is 452 g/mol. The smallest absolute Gasteiger partial charge is 0.485 e. The number of aromatic nitrogens is 2. The van der Waals surface area contributed by atoms with E-state index in [1.54, 1.807) is 3.58 Å². The summed E-state index contributed by atoms with van der Waals surface area (Å²) in [7, 11) is -4.05. The fraction of sp³-hybridized carbons (Fsp3) is 0.357. The van der Waals surface area contributed by atoms with Crippen LogP contribution in [0.2, 0.25) is 14.8 Å². The summed E-state index contributed by atoms with van der Waals surface area (Å²) < 4.78 is 64.7. The van der Waals surface area contributed by atoms with Gasteiger partial charge in [-0.25, -0.2) is 8.42 Å². The zero-order valence-electron chi connectivity index (χ0n) is 13.7. The molecule has 0 aliphatic carbocycles. The molecule has 10 heteroatoms. The second-order valence-electron chi connectivity index (χ2n) is 6.19.